The van der Waals surface area contributed by atoms with Crippen molar-refractivity contribution in [2.45, 2.75) is 25.8 Å². The normalized spacial score (nSPS) is 10.8. The maximum Gasteiger partial charge on any atom is 0.127 e. The van der Waals surface area contributed by atoms with Gasteiger partial charge in [-0.15, -0.1) is 11.6 Å². The van der Waals surface area contributed by atoms with Crippen molar-refractivity contribution >= 4 is 11.6 Å². The highest BCUT2D eigenvalue weighted by atomic mass is 35.5. The monoisotopic (exact) mass is 246 g/mol. The van der Waals surface area contributed by atoms with Crippen LogP contribution in [0.15, 0.2) is 18.2 Å². The van der Waals surface area contributed by atoms with Crippen LogP contribution in [0.5, 0.6) is 5.75 Å². The predicted molar refractivity (Wildman–Crippen MR) is 62.5 cm³/mol. The number of hydrogen-bond donors (Lipinski definition) is 0. The molecule has 0 N–H and O–H groups in total. The van der Waals surface area contributed by atoms with Gasteiger partial charge in [0, 0.05) is 11.9 Å². The highest BCUT2D eigenvalue weighted by Crippen LogP contribution is 2.17. The van der Waals surface area contributed by atoms with Gasteiger partial charge in [-0.1, -0.05) is 0 Å². The third-order valence-electron chi connectivity index (χ3n) is 1.89. The minimum Gasteiger partial charge on any atom is -0.491 e. The average Bonchev–Trinajstić information content (AvgIpc) is 2.23. The molecule has 0 aliphatic heterocycles. The average molecular weight is 247 g/mol. The Bertz CT molecular complexity index is 329. The van der Waals surface area contributed by atoms with E-state index in [9.17, 15) is 4.39 Å². The van der Waals surface area contributed by atoms with E-state index < -0.39 is 0 Å². The first kappa shape index (κ1) is 13.3. The van der Waals surface area contributed by atoms with Crippen molar-refractivity contribution < 1.29 is 13.9 Å². The molecule has 0 aliphatic rings. The fraction of sp³-hybridized carbons (Fsp3) is 0.500. The zero-order valence-electron chi connectivity index (χ0n) is 9.50. The quantitative estimate of drug-likeness (QED) is 0.566. The maximum absolute atomic E-state index is 13.1. The van der Waals surface area contributed by atoms with E-state index >= 15 is 0 Å². The molecule has 4 heteroatoms. The lowest BCUT2D eigenvalue weighted by Crippen LogP contribution is -2.11. The molecule has 1 rings (SSSR count). The van der Waals surface area contributed by atoms with Crippen LogP contribution in [0.1, 0.15) is 19.4 Å². The summed E-state index contributed by atoms with van der Waals surface area (Å²) in [6, 6.07) is 4.46. The van der Waals surface area contributed by atoms with Gasteiger partial charge in [0.2, 0.25) is 0 Å². The number of hydrogen-bond acceptors (Lipinski definition) is 2. The molecule has 0 fully saturated rings. The Kier molecular flexibility index (Phi) is 5.56. The van der Waals surface area contributed by atoms with Crippen LogP contribution in [0.25, 0.3) is 0 Å². The van der Waals surface area contributed by atoms with Crippen molar-refractivity contribution in [3.8, 4) is 5.75 Å². The highest BCUT2D eigenvalue weighted by Gasteiger charge is 2.01. The zero-order valence-corrected chi connectivity index (χ0v) is 10.3. The van der Waals surface area contributed by atoms with E-state index in [1.54, 1.807) is 6.07 Å². The fourth-order valence-electron chi connectivity index (χ4n) is 1.22. The third kappa shape index (κ3) is 4.81. The number of benzene rings is 1. The molecule has 0 aliphatic carbocycles. The number of rotatable bonds is 6. The Labute approximate surface area is 100 Å². The first-order valence-electron chi connectivity index (χ1n) is 5.21. The molecule has 0 saturated heterocycles. The van der Waals surface area contributed by atoms with Crippen LogP contribution < -0.4 is 4.74 Å². The van der Waals surface area contributed by atoms with Gasteiger partial charge < -0.3 is 9.47 Å². The van der Waals surface area contributed by atoms with Gasteiger partial charge >= 0.3 is 0 Å². The number of alkyl halides is 1. The smallest absolute Gasteiger partial charge is 0.127 e. The summed E-state index contributed by atoms with van der Waals surface area (Å²) < 4.78 is 23.7. The van der Waals surface area contributed by atoms with Gasteiger partial charge in [-0.25, -0.2) is 4.39 Å². The minimum atomic E-state index is -0.335. The molecule has 0 saturated carbocycles. The molecule has 0 unspecified atom stereocenters. The van der Waals surface area contributed by atoms with E-state index in [0.29, 0.717) is 24.5 Å². The molecule has 1 aromatic rings. The molecule has 1 aromatic carbocycles. The highest BCUT2D eigenvalue weighted by molar-refractivity contribution is 6.17. The zero-order chi connectivity index (χ0) is 12.0. The Morgan fingerprint density at radius 3 is 2.62 bits per heavy atom. The Hall–Kier alpha value is -0.800. The van der Waals surface area contributed by atoms with Crippen molar-refractivity contribution in [2.75, 3.05) is 13.2 Å². The van der Waals surface area contributed by atoms with Crippen LogP contribution >= 0.6 is 11.6 Å². The maximum atomic E-state index is 13.1. The van der Waals surface area contributed by atoms with Crippen LogP contribution in [-0.2, 0) is 10.6 Å². The van der Waals surface area contributed by atoms with E-state index in [1.807, 2.05) is 13.8 Å². The molecule has 0 bridgehead atoms. The lowest BCUT2D eigenvalue weighted by Gasteiger charge is -2.10. The van der Waals surface area contributed by atoms with Gasteiger partial charge in [-0.3, -0.25) is 0 Å². The van der Waals surface area contributed by atoms with Gasteiger partial charge in [-0.05, 0) is 31.5 Å². The van der Waals surface area contributed by atoms with Gasteiger partial charge in [0.25, 0.3) is 0 Å². The Morgan fingerprint density at radius 1 is 1.25 bits per heavy atom. The third-order valence-corrected chi connectivity index (χ3v) is 2.20. The minimum absolute atomic E-state index is 0.175. The lowest BCUT2D eigenvalue weighted by atomic mass is 10.2. The van der Waals surface area contributed by atoms with Crippen molar-refractivity contribution in [3.63, 3.8) is 0 Å². The number of ether oxygens (including phenoxy) is 2. The van der Waals surface area contributed by atoms with Crippen LogP contribution in [0.2, 0.25) is 0 Å². The summed E-state index contributed by atoms with van der Waals surface area (Å²) >= 11 is 5.63. The first-order chi connectivity index (χ1) is 7.61. The molecule has 0 aromatic heterocycles. The molecule has 2 nitrogen and oxygen atoms in total. The lowest BCUT2D eigenvalue weighted by molar-refractivity contribution is 0.0552. The Balaban J connectivity index is 2.44. The second-order valence-electron chi connectivity index (χ2n) is 3.70. The van der Waals surface area contributed by atoms with Crippen LogP contribution in [-0.4, -0.2) is 19.3 Å². The molecule has 0 amide bonds. The summed E-state index contributed by atoms with van der Waals surface area (Å²) in [6.07, 6.45) is 0.175. The summed E-state index contributed by atoms with van der Waals surface area (Å²) in [5, 5.41) is 0. The van der Waals surface area contributed by atoms with Gasteiger partial charge in [0.05, 0.1) is 12.7 Å². The topological polar surface area (TPSA) is 18.5 Å². The molecule has 0 spiro atoms. The standard InChI is InChI=1S/C12H16ClFO2/c1-9(2)15-3-4-16-12-6-10(8-13)5-11(14)7-12/h5-7,9H,3-4,8H2,1-2H3. The van der Waals surface area contributed by atoms with Crippen molar-refractivity contribution in [3.05, 3.63) is 29.6 Å². The molecular formula is C12H16ClFO2. The predicted octanol–water partition coefficient (Wildman–Crippen LogP) is 3.37. The largest absolute Gasteiger partial charge is 0.491 e. The van der Waals surface area contributed by atoms with Crippen LogP contribution in [0.3, 0.4) is 0 Å². The van der Waals surface area contributed by atoms with Crippen molar-refractivity contribution in [2.24, 2.45) is 0 Å². The van der Waals surface area contributed by atoms with Crippen LogP contribution in [0.4, 0.5) is 4.39 Å². The van der Waals surface area contributed by atoms with Crippen LogP contribution in [0, 0.1) is 5.82 Å². The summed E-state index contributed by atoms with van der Waals surface area (Å²) in [5.41, 5.74) is 0.710. The van der Waals surface area contributed by atoms with Crippen molar-refractivity contribution in [1.82, 2.24) is 0 Å². The SMILES string of the molecule is CC(C)OCCOc1cc(F)cc(CCl)c1. The van der Waals surface area contributed by atoms with E-state index in [2.05, 4.69) is 0 Å². The molecule has 16 heavy (non-hydrogen) atoms. The summed E-state index contributed by atoms with van der Waals surface area (Å²) in [4.78, 5) is 0. The van der Waals surface area contributed by atoms with Gasteiger partial charge in [0.15, 0.2) is 0 Å². The van der Waals surface area contributed by atoms with E-state index in [0.717, 1.165) is 0 Å². The number of halogens is 2. The fourth-order valence-corrected chi connectivity index (χ4v) is 1.38. The molecule has 0 atom stereocenters. The van der Waals surface area contributed by atoms with Crippen molar-refractivity contribution in [1.29, 1.82) is 0 Å². The Morgan fingerprint density at radius 2 is 2.00 bits per heavy atom. The molecule has 0 heterocycles. The molecular weight excluding hydrogens is 231 g/mol. The molecule has 0 radical (unpaired) electrons. The van der Waals surface area contributed by atoms with Gasteiger partial charge in [-0.2, -0.15) is 0 Å². The summed E-state index contributed by atoms with van der Waals surface area (Å²) in [5.74, 6) is 0.428. The van der Waals surface area contributed by atoms with E-state index in [4.69, 9.17) is 21.1 Å². The summed E-state index contributed by atoms with van der Waals surface area (Å²) in [7, 11) is 0. The van der Waals surface area contributed by atoms with Gasteiger partial charge in [0.1, 0.15) is 18.2 Å². The second-order valence-corrected chi connectivity index (χ2v) is 3.96. The van der Waals surface area contributed by atoms with E-state index in [1.165, 1.54) is 12.1 Å². The second kappa shape index (κ2) is 6.71. The van der Waals surface area contributed by atoms with E-state index in [-0.39, 0.29) is 17.8 Å². The first-order valence-corrected chi connectivity index (χ1v) is 5.75. The molecule has 90 valence electrons. The summed E-state index contributed by atoms with van der Waals surface area (Å²) in [6.45, 7) is 4.80.